The van der Waals surface area contributed by atoms with Gasteiger partial charge in [-0.3, -0.25) is 9.59 Å². The summed E-state index contributed by atoms with van der Waals surface area (Å²) in [6, 6.07) is -1.05. The van der Waals surface area contributed by atoms with Gasteiger partial charge in [-0.15, -0.1) is 17.9 Å². The van der Waals surface area contributed by atoms with Crippen LogP contribution in [-0.4, -0.2) is 33.9 Å². The Bertz CT molecular complexity index is 512. The number of rotatable bonds is 6. The molecule has 0 bridgehead atoms. The molecule has 0 aliphatic carbocycles. The number of aromatic nitrogens is 1. The molecule has 2 amide bonds. The maximum Gasteiger partial charge on any atom is 0.326 e. The summed E-state index contributed by atoms with van der Waals surface area (Å²) in [5.74, 6) is -2.05. The predicted molar refractivity (Wildman–Crippen MR) is 70.1 cm³/mol. The minimum absolute atomic E-state index is 0.0593. The van der Waals surface area contributed by atoms with Gasteiger partial charge in [-0.25, -0.2) is 9.78 Å². The normalized spacial score (nSPS) is 11.4. The lowest BCUT2D eigenvalue weighted by Gasteiger charge is -2.10. The molecule has 0 radical (unpaired) electrons. The monoisotopic (exact) mass is 283 g/mol. The van der Waals surface area contributed by atoms with Gasteiger partial charge >= 0.3 is 5.97 Å². The predicted octanol–water partition coefficient (Wildman–Crippen LogP) is 0.861. The summed E-state index contributed by atoms with van der Waals surface area (Å²) in [7, 11) is 0. The summed E-state index contributed by atoms with van der Waals surface area (Å²) in [5.41, 5.74) is 0.0593. The molecule has 1 heterocycles. The van der Waals surface area contributed by atoms with E-state index in [1.165, 1.54) is 18.4 Å². The Labute approximate surface area is 113 Å². The van der Waals surface area contributed by atoms with E-state index in [1.807, 2.05) is 0 Å². The molecule has 0 aliphatic rings. The van der Waals surface area contributed by atoms with Crippen molar-refractivity contribution in [1.82, 2.24) is 10.3 Å². The number of hydrogen-bond acceptors (Lipinski definition) is 5. The number of hydrogen-bond donors (Lipinski definition) is 3. The highest BCUT2D eigenvalue weighted by Gasteiger charge is 2.20. The van der Waals surface area contributed by atoms with Crippen molar-refractivity contribution in [2.75, 3.05) is 5.32 Å². The topological polar surface area (TPSA) is 108 Å². The van der Waals surface area contributed by atoms with Crippen LogP contribution in [0.25, 0.3) is 0 Å². The lowest BCUT2D eigenvalue weighted by Crippen LogP contribution is -2.40. The third-order valence-electron chi connectivity index (χ3n) is 2.03. The van der Waals surface area contributed by atoms with Crippen molar-refractivity contribution in [1.29, 1.82) is 0 Å². The van der Waals surface area contributed by atoms with Crippen LogP contribution in [0.1, 0.15) is 23.8 Å². The zero-order valence-electron chi connectivity index (χ0n) is 10.2. The molecule has 7 nitrogen and oxygen atoms in total. The van der Waals surface area contributed by atoms with Gasteiger partial charge in [0, 0.05) is 12.3 Å². The SMILES string of the molecule is C=CCC(NC(=O)c1csc(NC(C)=O)n1)C(=O)O. The van der Waals surface area contributed by atoms with E-state index in [2.05, 4.69) is 22.2 Å². The molecule has 1 aromatic heterocycles. The van der Waals surface area contributed by atoms with E-state index in [0.717, 1.165) is 11.3 Å². The maximum atomic E-state index is 11.8. The van der Waals surface area contributed by atoms with Crippen LogP contribution in [-0.2, 0) is 9.59 Å². The number of carboxylic acids is 1. The number of carbonyl (C=O) groups excluding carboxylic acids is 2. The Hall–Kier alpha value is -2.22. The van der Waals surface area contributed by atoms with Gasteiger partial charge in [0.15, 0.2) is 5.13 Å². The lowest BCUT2D eigenvalue weighted by molar-refractivity contribution is -0.139. The van der Waals surface area contributed by atoms with E-state index < -0.39 is 17.9 Å². The van der Waals surface area contributed by atoms with Crippen LogP contribution in [0.15, 0.2) is 18.0 Å². The van der Waals surface area contributed by atoms with E-state index >= 15 is 0 Å². The number of thiazole rings is 1. The van der Waals surface area contributed by atoms with Crippen molar-refractivity contribution in [3.63, 3.8) is 0 Å². The van der Waals surface area contributed by atoms with Crippen LogP contribution < -0.4 is 10.6 Å². The van der Waals surface area contributed by atoms with E-state index in [-0.39, 0.29) is 23.2 Å². The first-order chi connectivity index (χ1) is 8.93. The van der Waals surface area contributed by atoms with Gasteiger partial charge in [0.2, 0.25) is 5.91 Å². The van der Waals surface area contributed by atoms with Crippen LogP contribution in [0, 0.1) is 0 Å². The first kappa shape index (κ1) is 14.8. The average molecular weight is 283 g/mol. The van der Waals surface area contributed by atoms with Gasteiger partial charge in [-0.05, 0) is 6.42 Å². The standard InChI is InChI=1S/C11H13N3O4S/c1-3-4-7(10(17)18)13-9(16)8-5-19-11(14-8)12-6(2)15/h3,5,7H,1,4H2,2H3,(H,13,16)(H,17,18)(H,12,14,15). The van der Waals surface area contributed by atoms with Crippen LogP contribution in [0.3, 0.4) is 0 Å². The molecule has 19 heavy (non-hydrogen) atoms. The zero-order chi connectivity index (χ0) is 14.4. The number of aliphatic carboxylic acids is 1. The molecule has 0 saturated carbocycles. The Morgan fingerprint density at radius 3 is 2.79 bits per heavy atom. The van der Waals surface area contributed by atoms with Crippen molar-refractivity contribution < 1.29 is 19.5 Å². The van der Waals surface area contributed by atoms with Crippen LogP contribution in [0.2, 0.25) is 0 Å². The van der Waals surface area contributed by atoms with Crippen LogP contribution in [0.4, 0.5) is 5.13 Å². The van der Waals surface area contributed by atoms with Gasteiger partial charge in [0.25, 0.3) is 5.91 Å². The molecule has 0 aliphatic heterocycles. The molecule has 0 fully saturated rings. The molecule has 0 spiro atoms. The second kappa shape index (κ2) is 6.64. The van der Waals surface area contributed by atoms with Gasteiger partial charge in [-0.1, -0.05) is 6.08 Å². The largest absolute Gasteiger partial charge is 0.480 e. The van der Waals surface area contributed by atoms with Crippen molar-refractivity contribution >= 4 is 34.3 Å². The number of carboxylic acid groups (broad SMARTS) is 1. The van der Waals surface area contributed by atoms with E-state index in [0.29, 0.717) is 0 Å². The Morgan fingerprint density at radius 1 is 1.58 bits per heavy atom. The first-order valence-corrected chi connectivity index (χ1v) is 6.19. The highest BCUT2D eigenvalue weighted by atomic mass is 32.1. The fraction of sp³-hybridized carbons (Fsp3) is 0.273. The smallest absolute Gasteiger partial charge is 0.326 e. The first-order valence-electron chi connectivity index (χ1n) is 5.31. The molecule has 0 saturated heterocycles. The molecule has 1 aromatic rings. The summed E-state index contributed by atoms with van der Waals surface area (Å²) in [5, 5.41) is 15.4. The Morgan fingerprint density at radius 2 is 2.26 bits per heavy atom. The highest BCUT2D eigenvalue weighted by molar-refractivity contribution is 7.14. The van der Waals surface area contributed by atoms with Crippen molar-refractivity contribution in [2.24, 2.45) is 0 Å². The minimum Gasteiger partial charge on any atom is -0.480 e. The van der Waals surface area contributed by atoms with Crippen molar-refractivity contribution in [3.05, 3.63) is 23.7 Å². The molecule has 1 rings (SSSR count). The highest BCUT2D eigenvalue weighted by Crippen LogP contribution is 2.15. The number of anilines is 1. The number of nitrogens with one attached hydrogen (secondary N) is 2. The fourth-order valence-corrected chi connectivity index (χ4v) is 1.94. The van der Waals surface area contributed by atoms with Crippen molar-refractivity contribution in [2.45, 2.75) is 19.4 Å². The van der Waals surface area contributed by atoms with E-state index in [9.17, 15) is 14.4 Å². The average Bonchev–Trinajstić information content (AvgIpc) is 2.75. The molecular formula is C11H13N3O4S. The maximum absolute atomic E-state index is 11.8. The van der Waals surface area contributed by atoms with Crippen LogP contribution in [0.5, 0.6) is 0 Å². The minimum atomic E-state index is -1.15. The number of nitrogens with zero attached hydrogens (tertiary/aromatic N) is 1. The lowest BCUT2D eigenvalue weighted by atomic mass is 10.2. The number of carbonyl (C=O) groups is 3. The molecule has 1 atom stereocenters. The van der Waals surface area contributed by atoms with Gasteiger partial charge in [0.05, 0.1) is 0 Å². The Balaban J connectivity index is 2.71. The van der Waals surface area contributed by atoms with E-state index in [1.54, 1.807) is 0 Å². The summed E-state index contributed by atoms with van der Waals surface area (Å²) in [4.78, 5) is 37.3. The zero-order valence-corrected chi connectivity index (χ0v) is 11.0. The molecular weight excluding hydrogens is 270 g/mol. The molecule has 3 N–H and O–H groups in total. The third kappa shape index (κ3) is 4.51. The van der Waals surface area contributed by atoms with Crippen LogP contribution >= 0.6 is 11.3 Å². The van der Waals surface area contributed by atoms with Gasteiger partial charge < -0.3 is 15.7 Å². The molecule has 1 unspecified atom stereocenters. The quantitative estimate of drug-likeness (QED) is 0.671. The van der Waals surface area contributed by atoms with E-state index in [4.69, 9.17) is 5.11 Å². The second-order valence-electron chi connectivity index (χ2n) is 3.61. The second-order valence-corrected chi connectivity index (χ2v) is 4.47. The molecule has 8 heteroatoms. The Kier molecular flexibility index (Phi) is 5.19. The summed E-state index contributed by atoms with van der Waals surface area (Å²) in [6.45, 7) is 4.75. The summed E-state index contributed by atoms with van der Waals surface area (Å²) < 4.78 is 0. The van der Waals surface area contributed by atoms with Gasteiger partial charge in [-0.2, -0.15) is 0 Å². The summed E-state index contributed by atoms with van der Waals surface area (Å²) in [6.07, 6.45) is 1.52. The fourth-order valence-electron chi connectivity index (χ4n) is 1.21. The van der Waals surface area contributed by atoms with Crippen molar-refractivity contribution in [3.8, 4) is 0 Å². The van der Waals surface area contributed by atoms with Gasteiger partial charge in [0.1, 0.15) is 11.7 Å². The molecule has 102 valence electrons. The molecule has 0 aromatic carbocycles. The third-order valence-corrected chi connectivity index (χ3v) is 2.78. The summed E-state index contributed by atoms with van der Waals surface area (Å²) >= 11 is 1.08. The number of amides is 2.